The van der Waals surface area contributed by atoms with Crippen molar-refractivity contribution in [3.8, 4) is 11.5 Å². The molecule has 0 spiro atoms. The second-order valence-electron chi connectivity index (χ2n) is 7.02. The highest BCUT2D eigenvalue weighted by Crippen LogP contribution is 2.35. The lowest BCUT2D eigenvalue weighted by Gasteiger charge is -2.26. The first-order valence-electron chi connectivity index (χ1n) is 9.99. The van der Waals surface area contributed by atoms with Gasteiger partial charge < -0.3 is 14.2 Å². The summed E-state index contributed by atoms with van der Waals surface area (Å²) in [6, 6.07) is 7.05. The van der Waals surface area contributed by atoms with Gasteiger partial charge in [0.25, 0.3) is 11.8 Å². The molecule has 1 heterocycles. The first-order valence-corrected chi connectivity index (χ1v) is 11.5. The van der Waals surface area contributed by atoms with E-state index in [1.54, 1.807) is 38.1 Å². The SMILES string of the molecule is CCOc1cc(/C=C2/C(=O)NC(=O)N(c3ccc(C)c(Cl)c3)C2=O)cc(I)c1OCC(=O)OC. The number of ether oxygens (including phenoxy) is 3. The van der Waals surface area contributed by atoms with Crippen molar-refractivity contribution in [1.29, 1.82) is 0 Å². The molecule has 0 radical (unpaired) electrons. The van der Waals surface area contributed by atoms with Gasteiger partial charge in [-0.3, -0.25) is 14.9 Å². The molecule has 1 aliphatic heterocycles. The number of esters is 1. The van der Waals surface area contributed by atoms with Gasteiger partial charge in [-0.15, -0.1) is 0 Å². The molecular weight excluding hydrogens is 579 g/mol. The molecule has 1 N–H and O–H groups in total. The number of barbiturate groups is 1. The van der Waals surface area contributed by atoms with Crippen molar-refractivity contribution in [2.45, 2.75) is 13.8 Å². The number of hydrogen-bond donors (Lipinski definition) is 1. The zero-order chi connectivity index (χ0) is 25.0. The predicted molar refractivity (Wildman–Crippen MR) is 133 cm³/mol. The quantitative estimate of drug-likeness (QED) is 0.223. The van der Waals surface area contributed by atoms with Gasteiger partial charge in [0.1, 0.15) is 5.57 Å². The number of aryl methyl sites for hydroxylation is 1. The van der Waals surface area contributed by atoms with Gasteiger partial charge in [0.2, 0.25) is 0 Å². The van der Waals surface area contributed by atoms with Crippen molar-refractivity contribution in [2.24, 2.45) is 0 Å². The van der Waals surface area contributed by atoms with Gasteiger partial charge in [-0.2, -0.15) is 0 Å². The maximum absolute atomic E-state index is 13.1. The van der Waals surface area contributed by atoms with Crippen molar-refractivity contribution in [2.75, 3.05) is 25.2 Å². The van der Waals surface area contributed by atoms with Gasteiger partial charge in [-0.05, 0) is 77.9 Å². The number of methoxy groups -OCH3 is 1. The van der Waals surface area contributed by atoms with Crippen LogP contribution in [0.4, 0.5) is 10.5 Å². The second-order valence-corrected chi connectivity index (χ2v) is 8.59. The maximum atomic E-state index is 13.1. The number of nitrogens with one attached hydrogen (secondary N) is 1. The normalized spacial score (nSPS) is 14.8. The number of hydrogen-bond acceptors (Lipinski definition) is 7. The monoisotopic (exact) mass is 598 g/mol. The van der Waals surface area contributed by atoms with E-state index in [0.717, 1.165) is 10.5 Å². The maximum Gasteiger partial charge on any atom is 0.343 e. The van der Waals surface area contributed by atoms with Crippen molar-refractivity contribution in [3.05, 3.63) is 55.6 Å². The Labute approximate surface area is 214 Å². The zero-order valence-corrected chi connectivity index (χ0v) is 21.4. The summed E-state index contributed by atoms with van der Waals surface area (Å²) in [4.78, 5) is 50.4. The van der Waals surface area contributed by atoms with Crippen LogP contribution < -0.4 is 19.7 Å². The van der Waals surface area contributed by atoms with Crippen molar-refractivity contribution in [3.63, 3.8) is 0 Å². The van der Waals surface area contributed by atoms with E-state index in [2.05, 4.69) is 10.1 Å². The molecule has 3 rings (SSSR count). The van der Waals surface area contributed by atoms with E-state index < -0.39 is 23.8 Å². The Morgan fingerprint density at radius 1 is 1.18 bits per heavy atom. The van der Waals surface area contributed by atoms with E-state index in [1.807, 2.05) is 22.6 Å². The number of urea groups is 1. The average molecular weight is 599 g/mol. The van der Waals surface area contributed by atoms with E-state index in [0.29, 0.717) is 32.3 Å². The Balaban J connectivity index is 2.00. The fourth-order valence-electron chi connectivity index (χ4n) is 3.04. The first-order chi connectivity index (χ1) is 16.2. The van der Waals surface area contributed by atoms with Gasteiger partial charge in [-0.1, -0.05) is 17.7 Å². The van der Waals surface area contributed by atoms with E-state index in [9.17, 15) is 19.2 Å². The van der Waals surface area contributed by atoms with E-state index in [1.165, 1.54) is 19.3 Å². The molecule has 11 heteroatoms. The molecule has 0 aliphatic carbocycles. The molecule has 34 heavy (non-hydrogen) atoms. The number of benzene rings is 2. The number of rotatable bonds is 7. The highest BCUT2D eigenvalue weighted by molar-refractivity contribution is 14.1. The molecule has 0 saturated carbocycles. The van der Waals surface area contributed by atoms with Gasteiger partial charge in [-0.25, -0.2) is 14.5 Å². The highest BCUT2D eigenvalue weighted by Gasteiger charge is 2.37. The number of imide groups is 2. The summed E-state index contributed by atoms with van der Waals surface area (Å²) in [5.41, 5.74) is 1.20. The summed E-state index contributed by atoms with van der Waals surface area (Å²) in [7, 11) is 1.25. The Kier molecular flexibility index (Phi) is 8.15. The summed E-state index contributed by atoms with van der Waals surface area (Å²) >= 11 is 8.14. The predicted octanol–water partition coefficient (Wildman–Crippen LogP) is 3.87. The molecule has 9 nitrogen and oxygen atoms in total. The standard InChI is InChI=1S/C23H20ClIN2O7/c1-4-33-18-9-13(8-17(25)20(18)34-11-19(28)32-3)7-15-21(29)26-23(31)27(22(15)30)14-6-5-12(2)16(24)10-14/h5-10H,4,11H2,1-3H3,(H,26,29,31)/b15-7-. The van der Waals surface area contributed by atoms with E-state index >= 15 is 0 Å². The lowest BCUT2D eigenvalue weighted by Crippen LogP contribution is -2.54. The van der Waals surface area contributed by atoms with Crippen LogP contribution in [0.3, 0.4) is 0 Å². The lowest BCUT2D eigenvalue weighted by molar-refractivity contribution is -0.143. The molecule has 178 valence electrons. The summed E-state index contributed by atoms with van der Waals surface area (Å²) in [6.07, 6.45) is 1.35. The molecule has 0 unspecified atom stereocenters. The number of carbonyl (C=O) groups is 4. The molecule has 2 aromatic carbocycles. The molecule has 1 aliphatic rings. The van der Waals surface area contributed by atoms with Crippen LogP contribution >= 0.6 is 34.2 Å². The molecule has 0 bridgehead atoms. The van der Waals surface area contributed by atoms with E-state index in [4.69, 9.17) is 21.1 Å². The highest BCUT2D eigenvalue weighted by atomic mass is 127. The van der Waals surface area contributed by atoms with Crippen molar-refractivity contribution >= 4 is 69.8 Å². The summed E-state index contributed by atoms with van der Waals surface area (Å²) in [5.74, 6) is -1.56. The Morgan fingerprint density at radius 3 is 2.56 bits per heavy atom. The van der Waals surface area contributed by atoms with Crippen LogP contribution in [0.5, 0.6) is 11.5 Å². The third-order valence-electron chi connectivity index (χ3n) is 4.72. The van der Waals surface area contributed by atoms with Gasteiger partial charge in [0.05, 0.1) is 23.0 Å². The Hall–Kier alpha value is -3.12. The zero-order valence-electron chi connectivity index (χ0n) is 18.4. The fourth-order valence-corrected chi connectivity index (χ4v) is 4.00. The molecule has 1 saturated heterocycles. The van der Waals surface area contributed by atoms with Crippen molar-refractivity contribution < 1.29 is 33.4 Å². The number of carbonyl (C=O) groups excluding carboxylic acids is 4. The van der Waals surface area contributed by atoms with E-state index in [-0.39, 0.29) is 17.9 Å². The van der Waals surface area contributed by atoms with Crippen LogP contribution in [0.1, 0.15) is 18.1 Å². The number of anilines is 1. The summed E-state index contributed by atoms with van der Waals surface area (Å²) < 4.78 is 16.3. The second kappa shape index (κ2) is 10.9. The first kappa shape index (κ1) is 25.5. The number of halogens is 2. The average Bonchev–Trinajstić information content (AvgIpc) is 2.78. The van der Waals surface area contributed by atoms with Crippen LogP contribution in [0.15, 0.2) is 35.9 Å². The molecule has 0 aromatic heterocycles. The molecular formula is C23H20ClIN2O7. The Morgan fingerprint density at radius 2 is 1.91 bits per heavy atom. The van der Waals surface area contributed by atoms with Gasteiger partial charge >= 0.3 is 12.0 Å². The topological polar surface area (TPSA) is 111 Å². The minimum absolute atomic E-state index is 0.229. The molecule has 1 fully saturated rings. The van der Waals surface area contributed by atoms with Crippen LogP contribution in [-0.2, 0) is 19.1 Å². The Bertz CT molecular complexity index is 1210. The van der Waals surface area contributed by atoms with Gasteiger partial charge in [0, 0.05) is 5.02 Å². The van der Waals surface area contributed by atoms with Crippen LogP contribution in [0.2, 0.25) is 5.02 Å². The minimum atomic E-state index is -0.872. The van der Waals surface area contributed by atoms with Gasteiger partial charge in [0.15, 0.2) is 18.1 Å². The molecule has 0 atom stereocenters. The summed E-state index contributed by atoms with van der Waals surface area (Å²) in [6.45, 7) is 3.55. The smallest absolute Gasteiger partial charge is 0.343 e. The lowest BCUT2D eigenvalue weighted by atomic mass is 10.1. The van der Waals surface area contributed by atoms with Crippen LogP contribution in [-0.4, -0.2) is 44.1 Å². The third-order valence-corrected chi connectivity index (χ3v) is 5.93. The van der Waals surface area contributed by atoms with Crippen LogP contribution in [0.25, 0.3) is 6.08 Å². The van der Waals surface area contributed by atoms with Crippen molar-refractivity contribution in [1.82, 2.24) is 5.32 Å². The third kappa shape index (κ3) is 5.50. The van der Waals surface area contributed by atoms with Crippen LogP contribution in [0, 0.1) is 10.5 Å². The number of nitrogens with zero attached hydrogens (tertiary/aromatic N) is 1. The largest absolute Gasteiger partial charge is 0.490 e. The molecule has 4 amide bonds. The molecule has 2 aromatic rings. The fraction of sp³-hybridized carbons (Fsp3) is 0.217. The minimum Gasteiger partial charge on any atom is -0.490 e. The number of amides is 4. The summed E-state index contributed by atoms with van der Waals surface area (Å²) in [5, 5.41) is 2.55.